The largest absolute Gasteiger partial charge is 0.497 e. The van der Waals surface area contributed by atoms with Crippen LogP contribution in [0.15, 0.2) is 48.5 Å². The van der Waals surface area contributed by atoms with Crippen LogP contribution < -0.4 is 14.8 Å². The summed E-state index contributed by atoms with van der Waals surface area (Å²) in [6.45, 7) is 3.40. The molecular weight excluding hydrogens is 346 g/mol. The summed E-state index contributed by atoms with van der Waals surface area (Å²) in [5.74, 6) is 0.192. The van der Waals surface area contributed by atoms with Crippen LogP contribution in [0.1, 0.15) is 18.1 Å². The number of esters is 1. The van der Waals surface area contributed by atoms with Crippen molar-refractivity contribution < 1.29 is 23.8 Å². The van der Waals surface area contributed by atoms with Crippen molar-refractivity contribution in [1.82, 2.24) is 0 Å². The number of amides is 1. The van der Waals surface area contributed by atoms with Gasteiger partial charge in [0.05, 0.1) is 14.2 Å². The van der Waals surface area contributed by atoms with E-state index < -0.39 is 18.0 Å². The van der Waals surface area contributed by atoms with Crippen molar-refractivity contribution >= 4 is 23.6 Å². The lowest BCUT2D eigenvalue weighted by Gasteiger charge is -2.13. The third-order valence-electron chi connectivity index (χ3n) is 3.90. The van der Waals surface area contributed by atoms with E-state index in [0.717, 1.165) is 5.56 Å². The molecule has 0 heterocycles. The number of methoxy groups -OCH3 is 2. The zero-order valence-electron chi connectivity index (χ0n) is 15.8. The van der Waals surface area contributed by atoms with Gasteiger partial charge in [0, 0.05) is 17.3 Å². The summed E-state index contributed by atoms with van der Waals surface area (Å²) in [5.41, 5.74) is 2.27. The second-order valence-corrected chi connectivity index (χ2v) is 5.82. The van der Waals surface area contributed by atoms with E-state index in [1.54, 1.807) is 37.5 Å². The number of para-hydroxylation sites is 1. The highest BCUT2D eigenvalue weighted by molar-refractivity contribution is 5.97. The highest BCUT2D eigenvalue weighted by Gasteiger charge is 2.17. The van der Waals surface area contributed by atoms with Gasteiger partial charge >= 0.3 is 5.97 Å². The van der Waals surface area contributed by atoms with Crippen LogP contribution in [0.4, 0.5) is 5.69 Å². The number of carbonyl (C=O) groups is 2. The molecule has 0 bridgehead atoms. The number of anilines is 1. The van der Waals surface area contributed by atoms with Crippen molar-refractivity contribution in [3.63, 3.8) is 0 Å². The van der Waals surface area contributed by atoms with E-state index in [0.29, 0.717) is 22.7 Å². The van der Waals surface area contributed by atoms with Crippen molar-refractivity contribution in [1.29, 1.82) is 0 Å². The van der Waals surface area contributed by atoms with Gasteiger partial charge in [-0.1, -0.05) is 18.2 Å². The predicted octanol–water partition coefficient (Wildman–Crippen LogP) is 3.60. The van der Waals surface area contributed by atoms with E-state index >= 15 is 0 Å². The van der Waals surface area contributed by atoms with Crippen LogP contribution in [-0.2, 0) is 14.3 Å². The maximum atomic E-state index is 12.2. The molecule has 2 aromatic rings. The molecule has 1 amide bonds. The van der Waals surface area contributed by atoms with Crippen molar-refractivity contribution in [3.05, 3.63) is 59.7 Å². The standard InChI is InChI=1S/C21H23NO5/c1-14-7-5-6-8-18(14)22-21(24)15(2)27-20(23)12-9-16-13-17(25-3)10-11-19(16)26-4/h5-13,15H,1-4H3,(H,22,24)/b12-9+. The summed E-state index contributed by atoms with van der Waals surface area (Å²) >= 11 is 0. The highest BCUT2D eigenvalue weighted by Crippen LogP contribution is 2.25. The maximum absolute atomic E-state index is 12.2. The maximum Gasteiger partial charge on any atom is 0.331 e. The van der Waals surface area contributed by atoms with Crippen LogP contribution in [0.5, 0.6) is 11.5 Å². The Morgan fingerprint density at radius 3 is 2.48 bits per heavy atom. The highest BCUT2D eigenvalue weighted by atomic mass is 16.5. The van der Waals surface area contributed by atoms with Crippen LogP contribution >= 0.6 is 0 Å². The van der Waals surface area contributed by atoms with Crippen LogP contribution in [0.2, 0.25) is 0 Å². The zero-order valence-corrected chi connectivity index (χ0v) is 15.8. The monoisotopic (exact) mass is 369 g/mol. The van der Waals surface area contributed by atoms with Gasteiger partial charge in [-0.15, -0.1) is 0 Å². The number of hydrogen-bond donors (Lipinski definition) is 1. The fraction of sp³-hybridized carbons (Fsp3) is 0.238. The fourth-order valence-corrected chi connectivity index (χ4v) is 2.34. The number of ether oxygens (including phenoxy) is 3. The van der Waals surface area contributed by atoms with Gasteiger partial charge in [-0.05, 0) is 49.8 Å². The Morgan fingerprint density at radius 1 is 1.07 bits per heavy atom. The molecule has 0 saturated heterocycles. The van der Waals surface area contributed by atoms with Crippen LogP contribution in [-0.4, -0.2) is 32.2 Å². The number of aryl methyl sites for hydroxylation is 1. The fourth-order valence-electron chi connectivity index (χ4n) is 2.34. The van der Waals surface area contributed by atoms with Gasteiger partial charge in [0.25, 0.3) is 5.91 Å². The van der Waals surface area contributed by atoms with Crippen LogP contribution in [0.3, 0.4) is 0 Å². The first-order valence-corrected chi connectivity index (χ1v) is 8.41. The SMILES string of the molecule is COc1ccc(OC)c(/C=C/C(=O)OC(C)C(=O)Nc2ccccc2C)c1. The molecule has 0 radical (unpaired) electrons. The lowest BCUT2D eigenvalue weighted by Crippen LogP contribution is -2.29. The second-order valence-electron chi connectivity index (χ2n) is 5.82. The Balaban J connectivity index is 1.99. The molecule has 0 aliphatic carbocycles. The molecule has 1 unspecified atom stereocenters. The molecule has 0 saturated carbocycles. The van der Waals surface area contributed by atoms with Gasteiger partial charge in [0.1, 0.15) is 11.5 Å². The van der Waals surface area contributed by atoms with Crippen molar-refractivity contribution in [2.45, 2.75) is 20.0 Å². The Hall–Kier alpha value is -3.28. The number of hydrogen-bond acceptors (Lipinski definition) is 5. The Kier molecular flexibility index (Phi) is 7.00. The molecule has 6 heteroatoms. The van der Waals surface area contributed by atoms with E-state index in [-0.39, 0.29) is 0 Å². The number of rotatable bonds is 7. The Labute approximate surface area is 158 Å². The lowest BCUT2D eigenvalue weighted by molar-refractivity contribution is -0.148. The van der Waals surface area contributed by atoms with Gasteiger partial charge in [-0.25, -0.2) is 4.79 Å². The van der Waals surface area contributed by atoms with E-state index in [1.165, 1.54) is 20.1 Å². The zero-order chi connectivity index (χ0) is 19.8. The van der Waals surface area contributed by atoms with E-state index in [9.17, 15) is 9.59 Å². The smallest absolute Gasteiger partial charge is 0.331 e. The van der Waals surface area contributed by atoms with Crippen molar-refractivity contribution in [2.24, 2.45) is 0 Å². The minimum Gasteiger partial charge on any atom is -0.497 e. The molecule has 0 fully saturated rings. The van der Waals surface area contributed by atoms with Gasteiger partial charge in [0.15, 0.2) is 6.10 Å². The molecule has 6 nitrogen and oxygen atoms in total. The molecule has 142 valence electrons. The normalized spacial score (nSPS) is 11.7. The summed E-state index contributed by atoms with van der Waals surface area (Å²) in [5, 5.41) is 2.75. The average Bonchev–Trinajstić information content (AvgIpc) is 2.67. The van der Waals surface area contributed by atoms with Crippen LogP contribution in [0, 0.1) is 6.92 Å². The van der Waals surface area contributed by atoms with Gasteiger partial charge in [0.2, 0.25) is 0 Å². The van der Waals surface area contributed by atoms with E-state index in [4.69, 9.17) is 14.2 Å². The molecule has 1 atom stereocenters. The van der Waals surface area contributed by atoms with Crippen molar-refractivity contribution in [3.8, 4) is 11.5 Å². The minimum atomic E-state index is -0.936. The molecule has 2 rings (SSSR count). The first-order chi connectivity index (χ1) is 12.9. The Morgan fingerprint density at radius 2 is 1.81 bits per heavy atom. The summed E-state index contributed by atoms with van der Waals surface area (Å²) in [4.78, 5) is 24.3. The van der Waals surface area contributed by atoms with Gasteiger partial charge in [-0.2, -0.15) is 0 Å². The van der Waals surface area contributed by atoms with Crippen LogP contribution in [0.25, 0.3) is 6.08 Å². The molecule has 0 aliphatic heterocycles. The molecule has 0 spiro atoms. The first-order valence-electron chi connectivity index (χ1n) is 8.41. The van der Waals surface area contributed by atoms with E-state index in [2.05, 4.69) is 5.32 Å². The van der Waals surface area contributed by atoms with E-state index in [1.807, 2.05) is 25.1 Å². The van der Waals surface area contributed by atoms with Gasteiger partial charge < -0.3 is 19.5 Å². The first kappa shape index (κ1) is 20.0. The third-order valence-corrected chi connectivity index (χ3v) is 3.90. The molecule has 27 heavy (non-hydrogen) atoms. The average molecular weight is 369 g/mol. The minimum absolute atomic E-state index is 0.398. The van der Waals surface area contributed by atoms with Crippen molar-refractivity contribution in [2.75, 3.05) is 19.5 Å². The Bertz CT molecular complexity index is 844. The summed E-state index contributed by atoms with van der Waals surface area (Å²) in [7, 11) is 3.09. The molecule has 0 aliphatic rings. The lowest BCUT2D eigenvalue weighted by atomic mass is 10.1. The second kappa shape index (κ2) is 9.43. The summed E-state index contributed by atoms with van der Waals surface area (Å²) in [6, 6.07) is 12.6. The topological polar surface area (TPSA) is 73.9 Å². The number of benzene rings is 2. The molecule has 2 aromatic carbocycles. The predicted molar refractivity (Wildman–Crippen MR) is 104 cm³/mol. The number of nitrogens with one attached hydrogen (secondary N) is 1. The summed E-state index contributed by atoms with van der Waals surface area (Å²) in [6.07, 6.45) is 1.86. The molecule has 1 N–H and O–H groups in total. The summed E-state index contributed by atoms with van der Waals surface area (Å²) < 4.78 is 15.6. The number of carbonyl (C=O) groups excluding carboxylic acids is 2. The molecular formula is C21H23NO5. The quantitative estimate of drug-likeness (QED) is 0.596. The third kappa shape index (κ3) is 5.60. The molecule has 0 aromatic heterocycles. The van der Waals surface area contributed by atoms with Gasteiger partial charge in [-0.3, -0.25) is 4.79 Å².